The fraction of sp³-hybridized carbons (Fsp3) is 0.0455. The largest absolute Gasteiger partial charge is 0.484 e. The highest BCUT2D eigenvalue weighted by Gasteiger charge is 2.09. The number of para-hydroxylation sites is 2. The SMILES string of the molecule is O=C(COc1ccc(-c2cnc3ccccc3n2)cc1)Nc1cc(F)ccc1F. The van der Waals surface area contributed by atoms with Gasteiger partial charge in [-0.3, -0.25) is 9.78 Å². The monoisotopic (exact) mass is 391 g/mol. The van der Waals surface area contributed by atoms with Gasteiger partial charge in [-0.05, 0) is 48.5 Å². The van der Waals surface area contributed by atoms with E-state index in [0.29, 0.717) is 5.75 Å². The summed E-state index contributed by atoms with van der Waals surface area (Å²) in [4.78, 5) is 20.9. The number of nitrogens with one attached hydrogen (secondary N) is 1. The number of hydrogen-bond acceptors (Lipinski definition) is 4. The Labute approximate surface area is 165 Å². The second-order valence-electron chi connectivity index (χ2n) is 6.23. The summed E-state index contributed by atoms with van der Waals surface area (Å²) in [7, 11) is 0. The molecule has 0 aliphatic rings. The number of hydrogen-bond donors (Lipinski definition) is 1. The second-order valence-corrected chi connectivity index (χ2v) is 6.23. The quantitative estimate of drug-likeness (QED) is 0.540. The molecule has 144 valence electrons. The van der Waals surface area contributed by atoms with E-state index < -0.39 is 17.5 Å². The summed E-state index contributed by atoms with van der Waals surface area (Å²) in [6.07, 6.45) is 1.69. The zero-order valence-corrected chi connectivity index (χ0v) is 15.1. The van der Waals surface area contributed by atoms with E-state index in [2.05, 4.69) is 15.3 Å². The number of aromatic nitrogens is 2. The lowest BCUT2D eigenvalue weighted by Gasteiger charge is -2.09. The third-order valence-electron chi connectivity index (χ3n) is 4.17. The van der Waals surface area contributed by atoms with Crippen molar-refractivity contribution in [3.8, 4) is 17.0 Å². The zero-order chi connectivity index (χ0) is 20.2. The van der Waals surface area contributed by atoms with Crippen molar-refractivity contribution in [2.75, 3.05) is 11.9 Å². The van der Waals surface area contributed by atoms with E-state index in [4.69, 9.17) is 4.74 Å². The van der Waals surface area contributed by atoms with Crippen LogP contribution in [-0.2, 0) is 4.79 Å². The average Bonchev–Trinajstić information content (AvgIpc) is 2.75. The number of benzene rings is 3. The Morgan fingerprint density at radius 1 is 0.966 bits per heavy atom. The first kappa shape index (κ1) is 18.5. The van der Waals surface area contributed by atoms with Crippen LogP contribution < -0.4 is 10.1 Å². The van der Waals surface area contributed by atoms with Crippen LogP contribution >= 0.6 is 0 Å². The van der Waals surface area contributed by atoms with Crippen LogP contribution in [0.15, 0.2) is 72.9 Å². The van der Waals surface area contributed by atoms with Gasteiger partial charge in [-0.1, -0.05) is 12.1 Å². The van der Waals surface area contributed by atoms with Crippen LogP contribution in [0.2, 0.25) is 0 Å². The molecule has 0 fully saturated rings. The minimum Gasteiger partial charge on any atom is -0.484 e. The Kier molecular flexibility index (Phi) is 5.11. The molecule has 4 rings (SSSR count). The lowest BCUT2D eigenvalue weighted by molar-refractivity contribution is -0.118. The lowest BCUT2D eigenvalue weighted by Crippen LogP contribution is -2.20. The molecule has 0 radical (unpaired) electrons. The number of anilines is 1. The van der Waals surface area contributed by atoms with E-state index in [1.807, 2.05) is 24.3 Å². The van der Waals surface area contributed by atoms with Gasteiger partial charge in [0.25, 0.3) is 5.91 Å². The zero-order valence-electron chi connectivity index (χ0n) is 15.1. The molecule has 0 bridgehead atoms. The molecule has 0 aliphatic carbocycles. The van der Waals surface area contributed by atoms with Gasteiger partial charge in [0.1, 0.15) is 17.4 Å². The smallest absolute Gasteiger partial charge is 0.262 e. The Hall–Kier alpha value is -3.87. The van der Waals surface area contributed by atoms with Crippen LogP contribution in [0.25, 0.3) is 22.3 Å². The minimum absolute atomic E-state index is 0.233. The van der Waals surface area contributed by atoms with Crippen LogP contribution in [0.3, 0.4) is 0 Å². The molecule has 0 saturated heterocycles. The fourth-order valence-corrected chi connectivity index (χ4v) is 2.75. The van der Waals surface area contributed by atoms with Crippen molar-refractivity contribution in [3.05, 3.63) is 84.6 Å². The van der Waals surface area contributed by atoms with Gasteiger partial charge in [-0.15, -0.1) is 0 Å². The van der Waals surface area contributed by atoms with E-state index in [1.54, 1.807) is 30.5 Å². The van der Waals surface area contributed by atoms with Gasteiger partial charge < -0.3 is 10.1 Å². The van der Waals surface area contributed by atoms with Crippen molar-refractivity contribution < 1.29 is 18.3 Å². The Balaban J connectivity index is 1.40. The predicted molar refractivity (Wildman–Crippen MR) is 105 cm³/mol. The maximum Gasteiger partial charge on any atom is 0.262 e. The number of carbonyl (C=O) groups excluding carboxylic acids is 1. The van der Waals surface area contributed by atoms with Gasteiger partial charge in [0.05, 0.1) is 28.6 Å². The number of carbonyl (C=O) groups is 1. The van der Waals surface area contributed by atoms with Crippen LogP contribution in [0.1, 0.15) is 0 Å². The van der Waals surface area contributed by atoms with Gasteiger partial charge in [-0.2, -0.15) is 0 Å². The molecular formula is C22H15F2N3O2. The van der Waals surface area contributed by atoms with Crippen molar-refractivity contribution in [1.29, 1.82) is 0 Å². The first-order chi connectivity index (χ1) is 14.1. The normalized spacial score (nSPS) is 10.7. The molecule has 0 spiro atoms. The van der Waals surface area contributed by atoms with Crippen molar-refractivity contribution in [3.63, 3.8) is 0 Å². The topological polar surface area (TPSA) is 64.1 Å². The van der Waals surface area contributed by atoms with Gasteiger partial charge in [0.2, 0.25) is 0 Å². The molecule has 0 saturated carbocycles. The predicted octanol–water partition coefficient (Wildman–Crippen LogP) is 4.59. The molecular weight excluding hydrogens is 376 g/mol. The molecule has 3 aromatic carbocycles. The molecule has 29 heavy (non-hydrogen) atoms. The summed E-state index contributed by atoms with van der Waals surface area (Å²) in [5.74, 6) is -1.51. The number of rotatable bonds is 5. The van der Waals surface area contributed by atoms with Crippen molar-refractivity contribution in [1.82, 2.24) is 9.97 Å². The number of fused-ring (bicyclic) bond motifs is 1. The van der Waals surface area contributed by atoms with Crippen LogP contribution in [0.4, 0.5) is 14.5 Å². The van der Waals surface area contributed by atoms with E-state index in [0.717, 1.165) is 40.5 Å². The standard InChI is InChI=1S/C22H15F2N3O2/c23-15-7-10-17(24)20(11-15)27-22(28)13-29-16-8-5-14(6-9-16)21-12-25-18-3-1-2-4-19(18)26-21/h1-12H,13H2,(H,27,28). The molecule has 5 nitrogen and oxygen atoms in total. The fourth-order valence-electron chi connectivity index (χ4n) is 2.75. The lowest BCUT2D eigenvalue weighted by atomic mass is 10.1. The summed E-state index contributed by atoms with van der Waals surface area (Å²) in [5, 5.41) is 2.28. The molecule has 1 aromatic heterocycles. The first-order valence-electron chi connectivity index (χ1n) is 8.78. The third-order valence-corrected chi connectivity index (χ3v) is 4.17. The molecule has 0 aliphatic heterocycles. The minimum atomic E-state index is -0.722. The Morgan fingerprint density at radius 2 is 1.72 bits per heavy atom. The molecule has 1 N–H and O–H groups in total. The molecule has 1 amide bonds. The summed E-state index contributed by atoms with van der Waals surface area (Å²) in [6, 6.07) is 17.4. The number of halogens is 2. The number of amides is 1. The number of nitrogens with zero attached hydrogens (tertiary/aromatic N) is 2. The van der Waals surface area contributed by atoms with E-state index in [9.17, 15) is 13.6 Å². The third kappa shape index (κ3) is 4.35. The van der Waals surface area contributed by atoms with E-state index in [1.165, 1.54) is 0 Å². The second kappa shape index (κ2) is 8.02. The van der Waals surface area contributed by atoms with E-state index in [-0.39, 0.29) is 12.3 Å². The van der Waals surface area contributed by atoms with Gasteiger partial charge in [-0.25, -0.2) is 13.8 Å². The molecule has 0 atom stereocenters. The Morgan fingerprint density at radius 3 is 2.52 bits per heavy atom. The summed E-state index contributed by atoms with van der Waals surface area (Å²) >= 11 is 0. The summed E-state index contributed by atoms with van der Waals surface area (Å²) < 4.78 is 32.1. The van der Waals surface area contributed by atoms with Crippen molar-refractivity contribution >= 4 is 22.6 Å². The summed E-state index contributed by atoms with van der Waals surface area (Å²) in [5.41, 5.74) is 2.95. The highest BCUT2D eigenvalue weighted by Crippen LogP contribution is 2.22. The van der Waals surface area contributed by atoms with Crippen LogP contribution in [0.5, 0.6) is 5.75 Å². The van der Waals surface area contributed by atoms with Crippen LogP contribution in [0, 0.1) is 11.6 Å². The van der Waals surface area contributed by atoms with Crippen LogP contribution in [-0.4, -0.2) is 22.5 Å². The molecule has 4 aromatic rings. The molecule has 7 heteroatoms. The Bertz CT molecular complexity index is 1180. The van der Waals surface area contributed by atoms with Gasteiger partial charge in [0.15, 0.2) is 6.61 Å². The van der Waals surface area contributed by atoms with Gasteiger partial charge in [0, 0.05) is 11.6 Å². The molecule has 0 unspecified atom stereocenters. The van der Waals surface area contributed by atoms with Gasteiger partial charge >= 0.3 is 0 Å². The first-order valence-corrected chi connectivity index (χ1v) is 8.78. The molecule has 1 heterocycles. The maximum absolute atomic E-state index is 13.6. The number of ether oxygens (including phenoxy) is 1. The van der Waals surface area contributed by atoms with E-state index >= 15 is 0 Å². The summed E-state index contributed by atoms with van der Waals surface area (Å²) in [6.45, 7) is -0.342. The van der Waals surface area contributed by atoms with Crippen molar-refractivity contribution in [2.24, 2.45) is 0 Å². The highest BCUT2D eigenvalue weighted by atomic mass is 19.1. The highest BCUT2D eigenvalue weighted by molar-refractivity contribution is 5.92. The maximum atomic E-state index is 13.6. The van der Waals surface area contributed by atoms with Crippen molar-refractivity contribution in [2.45, 2.75) is 0 Å². The average molecular weight is 391 g/mol.